The molecule has 1 N–H and O–H groups in total. The Labute approximate surface area is 113 Å². The molecule has 0 saturated carbocycles. The lowest BCUT2D eigenvalue weighted by Crippen LogP contribution is -2.30. The Kier molecular flexibility index (Phi) is 4.63. The molecule has 0 radical (unpaired) electrons. The number of ether oxygens (including phenoxy) is 2. The number of benzene rings is 1. The van der Waals surface area contributed by atoms with E-state index in [0.717, 1.165) is 13.1 Å². The van der Waals surface area contributed by atoms with E-state index in [4.69, 9.17) is 9.47 Å². The molecule has 1 aliphatic heterocycles. The van der Waals surface area contributed by atoms with Crippen molar-refractivity contribution in [1.29, 1.82) is 0 Å². The Bertz CT molecular complexity index is 442. The van der Waals surface area contributed by atoms with Crippen molar-refractivity contribution in [2.45, 2.75) is 12.8 Å². The minimum Gasteiger partial charge on any atom is -0.497 e. The number of carbonyl (C=O) groups is 1. The molecule has 0 aromatic heterocycles. The van der Waals surface area contributed by atoms with Gasteiger partial charge in [0, 0.05) is 6.07 Å². The number of nitrogens with zero attached hydrogens (tertiary/aromatic N) is 1. The largest absolute Gasteiger partial charge is 0.497 e. The highest BCUT2D eigenvalue weighted by atomic mass is 16.5. The normalized spacial score (nSPS) is 15.3. The molecule has 0 spiro atoms. The van der Waals surface area contributed by atoms with Crippen LogP contribution in [0.5, 0.6) is 11.5 Å². The van der Waals surface area contributed by atoms with Crippen LogP contribution in [0.1, 0.15) is 12.8 Å². The Hall–Kier alpha value is -1.75. The van der Waals surface area contributed by atoms with Crippen molar-refractivity contribution in [1.82, 2.24) is 4.90 Å². The van der Waals surface area contributed by atoms with Gasteiger partial charge in [-0.3, -0.25) is 9.69 Å². The molecule has 1 heterocycles. The van der Waals surface area contributed by atoms with Crippen molar-refractivity contribution >= 4 is 11.6 Å². The number of methoxy groups -OCH3 is 2. The molecule has 19 heavy (non-hydrogen) atoms. The van der Waals surface area contributed by atoms with E-state index in [9.17, 15) is 4.79 Å². The third-order valence-electron chi connectivity index (χ3n) is 3.25. The summed E-state index contributed by atoms with van der Waals surface area (Å²) in [6.07, 6.45) is 2.36. The summed E-state index contributed by atoms with van der Waals surface area (Å²) in [5.41, 5.74) is 0.674. The molecule has 1 saturated heterocycles. The van der Waals surface area contributed by atoms with Gasteiger partial charge in [-0.05, 0) is 38.1 Å². The van der Waals surface area contributed by atoms with Crippen LogP contribution in [0.2, 0.25) is 0 Å². The minimum atomic E-state index is -0.00892. The Balaban J connectivity index is 1.99. The third-order valence-corrected chi connectivity index (χ3v) is 3.25. The van der Waals surface area contributed by atoms with Crippen LogP contribution >= 0.6 is 0 Å². The summed E-state index contributed by atoms with van der Waals surface area (Å²) in [6.45, 7) is 2.45. The van der Waals surface area contributed by atoms with E-state index >= 15 is 0 Å². The van der Waals surface area contributed by atoms with E-state index in [1.807, 2.05) is 0 Å². The molecule has 0 atom stereocenters. The maximum absolute atomic E-state index is 12.0. The summed E-state index contributed by atoms with van der Waals surface area (Å²) in [7, 11) is 3.17. The maximum atomic E-state index is 12.0. The molecule has 0 aliphatic carbocycles. The van der Waals surface area contributed by atoms with Gasteiger partial charge in [-0.15, -0.1) is 0 Å². The van der Waals surface area contributed by atoms with E-state index in [2.05, 4.69) is 10.2 Å². The topological polar surface area (TPSA) is 50.8 Å². The first-order chi connectivity index (χ1) is 9.22. The molecule has 1 aromatic carbocycles. The second-order valence-electron chi connectivity index (χ2n) is 4.60. The number of rotatable bonds is 5. The van der Waals surface area contributed by atoms with Crippen LogP contribution in [0, 0.1) is 0 Å². The van der Waals surface area contributed by atoms with Crippen molar-refractivity contribution in [2.75, 3.05) is 39.2 Å². The molecule has 5 nitrogen and oxygen atoms in total. The van der Waals surface area contributed by atoms with Crippen LogP contribution in [0.3, 0.4) is 0 Å². The van der Waals surface area contributed by atoms with Gasteiger partial charge < -0.3 is 14.8 Å². The smallest absolute Gasteiger partial charge is 0.238 e. The molecule has 1 aliphatic rings. The standard InChI is InChI=1S/C14H20N2O3/c1-18-11-5-6-12(13(9-11)19-2)15-14(17)10-16-7-3-4-8-16/h5-6,9H,3-4,7-8,10H2,1-2H3,(H,15,17). The molecule has 2 rings (SSSR count). The monoisotopic (exact) mass is 264 g/mol. The fraction of sp³-hybridized carbons (Fsp3) is 0.500. The van der Waals surface area contributed by atoms with Crippen LogP contribution < -0.4 is 14.8 Å². The van der Waals surface area contributed by atoms with Gasteiger partial charge in [-0.1, -0.05) is 0 Å². The van der Waals surface area contributed by atoms with E-state index in [-0.39, 0.29) is 5.91 Å². The summed E-state index contributed by atoms with van der Waals surface area (Å²) in [5, 5.41) is 2.88. The number of hydrogen-bond acceptors (Lipinski definition) is 4. The highest BCUT2D eigenvalue weighted by molar-refractivity contribution is 5.93. The van der Waals surface area contributed by atoms with Crippen LogP contribution in [0.25, 0.3) is 0 Å². The Morgan fingerprint density at radius 2 is 2.00 bits per heavy atom. The van der Waals surface area contributed by atoms with Gasteiger partial charge in [0.1, 0.15) is 11.5 Å². The second kappa shape index (κ2) is 6.43. The minimum absolute atomic E-state index is 0.00892. The summed E-state index contributed by atoms with van der Waals surface area (Å²) in [5.74, 6) is 1.30. The maximum Gasteiger partial charge on any atom is 0.238 e. The molecule has 5 heteroatoms. The molecule has 104 valence electrons. The number of carbonyl (C=O) groups excluding carboxylic acids is 1. The van der Waals surface area contributed by atoms with Gasteiger partial charge in [0.15, 0.2) is 0 Å². The highest BCUT2D eigenvalue weighted by Gasteiger charge is 2.16. The SMILES string of the molecule is COc1ccc(NC(=O)CN2CCCC2)c(OC)c1. The van der Waals surface area contributed by atoms with Crippen molar-refractivity contribution < 1.29 is 14.3 Å². The van der Waals surface area contributed by atoms with E-state index in [1.165, 1.54) is 12.8 Å². The lowest BCUT2D eigenvalue weighted by molar-refractivity contribution is -0.117. The molecule has 0 bridgehead atoms. The van der Waals surface area contributed by atoms with Crippen molar-refractivity contribution in [3.05, 3.63) is 18.2 Å². The number of anilines is 1. The van der Waals surface area contributed by atoms with E-state index in [1.54, 1.807) is 32.4 Å². The van der Waals surface area contributed by atoms with Crippen LogP contribution in [0.4, 0.5) is 5.69 Å². The Morgan fingerprint density at radius 3 is 2.63 bits per heavy atom. The summed E-state index contributed by atoms with van der Waals surface area (Å²) in [6, 6.07) is 5.35. The Morgan fingerprint density at radius 1 is 1.26 bits per heavy atom. The van der Waals surface area contributed by atoms with Crippen LogP contribution in [0.15, 0.2) is 18.2 Å². The van der Waals surface area contributed by atoms with Gasteiger partial charge in [0.2, 0.25) is 5.91 Å². The lowest BCUT2D eigenvalue weighted by Gasteiger charge is -2.15. The summed E-state index contributed by atoms with van der Waals surface area (Å²) < 4.78 is 10.4. The third kappa shape index (κ3) is 3.61. The van der Waals surface area contributed by atoms with Crippen molar-refractivity contribution in [3.63, 3.8) is 0 Å². The van der Waals surface area contributed by atoms with Crippen molar-refractivity contribution in [2.24, 2.45) is 0 Å². The lowest BCUT2D eigenvalue weighted by atomic mass is 10.2. The van der Waals surface area contributed by atoms with Gasteiger partial charge >= 0.3 is 0 Å². The van der Waals surface area contributed by atoms with Gasteiger partial charge in [0.05, 0.1) is 26.5 Å². The molecule has 0 unspecified atom stereocenters. The van der Waals surface area contributed by atoms with E-state index in [0.29, 0.717) is 23.7 Å². The number of hydrogen-bond donors (Lipinski definition) is 1. The number of amides is 1. The zero-order chi connectivity index (χ0) is 13.7. The molecule has 1 amide bonds. The van der Waals surface area contributed by atoms with Crippen LogP contribution in [-0.4, -0.2) is 44.7 Å². The van der Waals surface area contributed by atoms with Gasteiger partial charge in [-0.25, -0.2) is 0 Å². The number of nitrogens with one attached hydrogen (secondary N) is 1. The predicted molar refractivity (Wildman–Crippen MR) is 73.8 cm³/mol. The first kappa shape index (κ1) is 13.7. The van der Waals surface area contributed by atoms with Crippen LogP contribution in [-0.2, 0) is 4.79 Å². The molecular weight excluding hydrogens is 244 g/mol. The number of likely N-dealkylation sites (tertiary alicyclic amines) is 1. The summed E-state index contributed by atoms with van der Waals surface area (Å²) in [4.78, 5) is 14.1. The summed E-state index contributed by atoms with van der Waals surface area (Å²) >= 11 is 0. The zero-order valence-electron chi connectivity index (χ0n) is 11.4. The molecule has 1 aromatic rings. The van der Waals surface area contributed by atoms with Gasteiger partial charge in [0.25, 0.3) is 0 Å². The van der Waals surface area contributed by atoms with Crippen molar-refractivity contribution in [3.8, 4) is 11.5 Å². The van der Waals surface area contributed by atoms with E-state index < -0.39 is 0 Å². The quantitative estimate of drug-likeness (QED) is 0.880. The first-order valence-electron chi connectivity index (χ1n) is 6.47. The van der Waals surface area contributed by atoms with Gasteiger partial charge in [-0.2, -0.15) is 0 Å². The fourth-order valence-electron chi connectivity index (χ4n) is 2.24. The average molecular weight is 264 g/mol. The average Bonchev–Trinajstić information content (AvgIpc) is 2.91. The fourth-order valence-corrected chi connectivity index (χ4v) is 2.24. The molecule has 1 fully saturated rings. The predicted octanol–water partition coefficient (Wildman–Crippen LogP) is 1.74. The first-order valence-corrected chi connectivity index (χ1v) is 6.47. The molecular formula is C14H20N2O3. The highest BCUT2D eigenvalue weighted by Crippen LogP contribution is 2.28. The zero-order valence-corrected chi connectivity index (χ0v) is 11.4. The second-order valence-corrected chi connectivity index (χ2v) is 4.60.